The van der Waals surface area contributed by atoms with Crippen molar-refractivity contribution >= 4 is 5.91 Å². The van der Waals surface area contributed by atoms with Crippen LogP contribution in [-0.2, 0) is 6.54 Å². The fourth-order valence-electron chi connectivity index (χ4n) is 2.01. The van der Waals surface area contributed by atoms with Crippen LogP contribution in [0.2, 0.25) is 0 Å². The van der Waals surface area contributed by atoms with Crippen LogP contribution in [0, 0.1) is 5.92 Å². The number of nitrogens with one attached hydrogen (secondary N) is 1. The fourth-order valence-corrected chi connectivity index (χ4v) is 2.01. The van der Waals surface area contributed by atoms with E-state index in [4.69, 9.17) is 4.52 Å². The monoisotopic (exact) mass is 257 g/mol. The average molecular weight is 257 g/mol. The van der Waals surface area contributed by atoms with E-state index < -0.39 is 0 Å². The van der Waals surface area contributed by atoms with Gasteiger partial charge in [-0.1, -0.05) is 30.3 Å². The summed E-state index contributed by atoms with van der Waals surface area (Å²) in [6, 6.07) is 9.07. The predicted molar refractivity (Wildman–Crippen MR) is 68.4 cm³/mol. The number of carbonyl (C=O) groups is 1. The molecule has 0 unspecified atom stereocenters. The van der Waals surface area contributed by atoms with Gasteiger partial charge in [-0.05, 0) is 24.5 Å². The Bertz CT molecular complexity index is 579. The quantitative estimate of drug-likeness (QED) is 0.911. The smallest absolute Gasteiger partial charge is 0.251 e. The van der Waals surface area contributed by atoms with Crippen molar-refractivity contribution in [3.63, 3.8) is 0 Å². The first kappa shape index (κ1) is 11.9. The number of carbonyl (C=O) groups excluding carboxylic acids is 1. The highest BCUT2D eigenvalue weighted by atomic mass is 16.5. The summed E-state index contributed by atoms with van der Waals surface area (Å²) in [5.74, 6) is 2.12. The first-order valence-corrected chi connectivity index (χ1v) is 6.40. The molecule has 0 bridgehead atoms. The fraction of sp³-hybridized carbons (Fsp3) is 0.357. The summed E-state index contributed by atoms with van der Waals surface area (Å²) in [7, 11) is 0. The lowest BCUT2D eigenvalue weighted by Crippen LogP contribution is -2.23. The lowest BCUT2D eigenvalue weighted by Gasteiger charge is -2.01. The Hall–Kier alpha value is -2.17. The zero-order valence-electron chi connectivity index (χ0n) is 10.7. The molecule has 19 heavy (non-hydrogen) atoms. The Morgan fingerprint density at radius 2 is 2.16 bits per heavy atom. The van der Waals surface area contributed by atoms with E-state index in [1.54, 1.807) is 12.1 Å². The maximum atomic E-state index is 11.8. The van der Waals surface area contributed by atoms with E-state index in [-0.39, 0.29) is 5.91 Å². The highest BCUT2D eigenvalue weighted by Gasteiger charge is 2.38. The Morgan fingerprint density at radius 3 is 2.84 bits per heavy atom. The minimum Gasteiger partial charge on any atom is -0.345 e. The van der Waals surface area contributed by atoms with Gasteiger partial charge in [0.1, 0.15) is 0 Å². The second kappa shape index (κ2) is 4.84. The third-order valence-electron chi connectivity index (χ3n) is 3.35. The average Bonchev–Trinajstić information content (AvgIpc) is 3.00. The maximum absolute atomic E-state index is 11.8. The summed E-state index contributed by atoms with van der Waals surface area (Å²) in [4.78, 5) is 16.1. The zero-order chi connectivity index (χ0) is 13.2. The van der Waals surface area contributed by atoms with E-state index in [0.29, 0.717) is 35.7 Å². The molecule has 0 radical (unpaired) electrons. The molecule has 0 aliphatic heterocycles. The molecule has 98 valence electrons. The molecule has 2 aromatic rings. The van der Waals surface area contributed by atoms with Crippen LogP contribution in [0.25, 0.3) is 0 Å². The van der Waals surface area contributed by atoms with Crippen LogP contribution in [-0.4, -0.2) is 16.0 Å². The van der Waals surface area contributed by atoms with Crippen LogP contribution >= 0.6 is 0 Å². The van der Waals surface area contributed by atoms with Gasteiger partial charge in [-0.15, -0.1) is 0 Å². The Balaban J connectivity index is 1.57. The third-order valence-corrected chi connectivity index (χ3v) is 3.35. The van der Waals surface area contributed by atoms with Crippen molar-refractivity contribution in [3.05, 3.63) is 47.6 Å². The van der Waals surface area contributed by atoms with Gasteiger partial charge in [-0.2, -0.15) is 4.98 Å². The van der Waals surface area contributed by atoms with E-state index in [2.05, 4.69) is 22.4 Å². The van der Waals surface area contributed by atoms with Crippen molar-refractivity contribution in [1.82, 2.24) is 15.5 Å². The molecule has 5 nitrogen and oxygen atoms in total. The second-order valence-electron chi connectivity index (χ2n) is 4.92. The number of rotatable bonds is 4. The summed E-state index contributed by atoms with van der Waals surface area (Å²) in [5, 5.41) is 6.65. The topological polar surface area (TPSA) is 68.0 Å². The van der Waals surface area contributed by atoms with Gasteiger partial charge in [0.15, 0.2) is 5.82 Å². The molecule has 1 amide bonds. The summed E-state index contributed by atoms with van der Waals surface area (Å²) in [6.45, 7) is 2.45. The Morgan fingerprint density at radius 1 is 1.42 bits per heavy atom. The normalized spacial score (nSPS) is 21.1. The molecular formula is C14H15N3O2. The van der Waals surface area contributed by atoms with E-state index >= 15 is 0 Å². The molecule has 1 heterocycles. The Labute approximate surface area is 111 Å². The number of hydrogen-bond donors (Lipinski definition) is 1. The third kappa shape index (κ3) is 2.65. The van der Waals surface area contributed by atoms with Gasteiger partial charge in [0, 0.05) is 11.5 Å². The van der Waals surface area contributed by atoms with E-state index in [1.165, 1.54) is 0 Å². The van der Waals surface area contributed by atoms with Gasteiger partial charge in [0.05, 0.1) is 6.54 Å². The van der Waals surface area contributed by atoms with Crippen LogP contribution in [0.3, 0.4) is 0 Å². The minimum atomic E-state index is -0.133. The summed E-state index contributed by atoms with van der Waals surface area (Å²) in [6.07, 6.45) is 1.11. The van der Waals surface area contributed by atoms with Crippen molar-refractivity contribution < 1.29 is 9.32 Å². The first-order valence-electron chi connectivity index (χ1n) is 6.40. The van der Waals surface area contributed by atoms with Crippen LogP contribution < -0.4 is 5.32 Å². The molecule has 1 saturated carbocycles. The molecule has 3 rings (SSSR count). The molecular weight excluding hydrogens is 242 g/mol. The SMILES string of the molecule is C[C@@H]1C[C@@H]1c1nc(CNC(=O)c2ccccc2)no1. The molecule has 0 saturated heterocycles. The van der Waals surface area contributed by atoms with Gasteiger partial charge < -0.3 is 9.84 Å². The van der Waals surface area contributed by atoms with Crippen molar-refractivity contribution in [2.24, 2.45) is 5.92 Å². The Kier molecular flexibility index (Phi) is 3.03. The minimum absolute atomic E-state index is 0.133. The maximum Gasteiger partial charge on any atom is 0.251 e. The first-order chi connectivity index (χ1) is 9.24. The zero-order valence-corrected chi connectivity index (χ0v) is 10.7. The molecule has 1 aliphatic carbocycles. The van der Waals surface area contributed by atoms with E-state index in [0.717, 1.165) is 6.42 Å². The molecule has 2 atom stereocenters. The number of nitrogens with zero attached hydrogens (tertiary/aromatic N) is 2. The lowest BCUT2D eigenvalue weighted by atomic mass is 10.2. The standard InChI is InChI=1S/C14H15N3O2/c1-9-7-11(9)14-16-12(17-19-14)8-15-13(18)10-5-3-2-4-6-10/h2-6,9,11H,7-8H2,1H3,(H,15,18)/t9-,11+/m1/s1. The number of amides is 1. The largest absolute Gasteiger partial charge is 0.345 e. The van der Waals surface area contributed by atoms with Crippen molar-refractivity contribution in [1.29, 1.82) is 0 Å². The van der Waals surface area contributed by atoms with Crippen LogP contribution in [0.15, 0.2) is 34.9 Å². The highest BCUT2D eigenvalue weighted by Crippen LogP contribution is 2.45. The summed E-state index contributed by atoms with van der Waals surface area (Å²) < 4.78 is 5.18. The molecule has 1 fully saturated rings. The van der Waals surface area contributed by atoms with Crippen LogP contribution in [0.5, 0.6) is 0 Å². The summed E-state index contributed by atoms with van der Waals surface area (Å²) in [5.41, 5.74) is 0.627. The molecule has 0 spiro atoms. The number of hydrogen-bond acceptors (Lipinski definition) is 4. The van der Waals surface area contributed by atoms with Gasteiger partial charge >= 0.3 is 0 Å². The molecule has 1 aliphatic rings. The number of aromatic nitrogens is 2. The van der Waals surface area contributed by atoms with E-state index in [9.17, 15) is 4.79 Å². The van der Waals surface area contributed by atoms with Gasteiger partial charge in [-0.3, -0.25) is 4.79 Å². The molecule has 1 N–H and O–H groups in total. The van der Waals surface area contributed by atoms with Gasteiger partial charge in [0.25, 0.3) is 5.91 Å². The molecule has 5 heteroatoms. The van der Waals surface area contributed by atoms with Crippen LogP contribution in [0.4, 0.5) is 0 Å². The van der Waals surface area contributed by atoms with Crippen molar-refractivity contribution in [2.75, 3.05) is 0 Å². The predicted octanol–water partition coefficient (Wildman–Crippen LogP) is 2.12. The molecule has 1 aromatic heterocycles. The van der Waals surface area contributed by atoms with Crippen molar-refractivity contribution in [2.45, 2.75) is 25.8 Å². The second-order valence-corrected chi connectivity index (χ2v) is 4.92. The van der Waals surface area contributed by atoms with Crippen molar-refractivity contribution in [3.8, 4) is 0 Å². The van der Waals surface area contributed by atoms with E-state index in [1.807, 2.05) is 18.2 Å². The van der Waals surface area contributed by atoms with Gasteiger partial charge in [0.2, 0.25) is 5.89 Å². The van der Waals surface area contributed by atoms with Gasteiger partial charge in [-0.25, -0.2) is 0 Å². The summed E-state index contributed by atoms with van der Waals surface area (Å²) >= 11 is 0. The molecule has 1 aromatic carbocycles. The number of benzene rings is 1. The van der Waals surface area contributed by atoms with Crippen LogP contribution in [0.1, 0.15) is 41.3 Å². The lowest BCUT2D eigenvalue weighted by molar-refractivity contribution is 0.0949. The highest BCUT2D eigenvalue weighted by molar-refractivity contribution is 5.93.